The Labute approximate surface area is 86.8 Å². The molecule has 15 heavy (non-hydrogen) atoms. The quantitative estimate of drug-likeness (QED) is 0.812. The van der Waals surface area contributed by atoms with Crippen LogP contribution < -0.4 is 0 Å². The lowest BCUT2D eigenvalue weighted by molar-refractivity contribution is 0.273. The molecule has 0 fully saturated rings. The van der Waals surface area contributed by atoms with Gasteiger partial charge in [-0.3, -0.25) is 0 Å². The zero-order chi connectivity index (χ0) is 10.8. The third-order valence-corrected chi connectivity index (χ3v) is 2.35. The van der Waals surface area contributed by atoms with Gasteiger partial charge in [-0.1, -0.05) is 0 Å². The molecule has 1 N–H and O–H groups in total. The molecule has 1 aromatic carbocycles. The largest absolute Gasteiger partial charge is 0.390 e. The number of rotatable bonds is 2. The van der Waals surface area contributed by atoms with Crippen LogP contribution in [0.1, 0.15) is 5.69 Å². The van der Waals surface area contributed by atoms with E-state index in [0.29, 0.717) is 0 Å². The van der Waals surface area contributed by atoms with Gasteiger partial charge in [-0.15, -0.1) is 0 Å². The normalized spacial score (nSPS) is 10.6. The lowest BCUT2D eigenvalue weighted by atomic mass is 10.2. The molecule has 0 amide bonds. The summed E-state index contributed by atoms with van der Waals surface area (Å²) in [6.45, 7) is -0.0509. The average molecular weight is 206 g/mol. The summed E-state index contributed by atoms with van der Waals surface area (Å²) in [5.74, 6) is 0.453. The summed E-state index contributed by atoms with van der Waals surface area (Å²) < 4.78 is 14.5. The minimum absolute atomic E-state index is 0.0509. The van der Waals surface area contributed by atoms with E-state index in [1.54, 1.807) is 22.9 Å². The van der Waals surface area contributed by atoms with Gasteiger partial charge in [0.15, 0.2) is 0 Å². The van der Waals surface area contributed by atoms with Crippen molar-refractivity contribution in [3.05, 3.63) is 42.0 Å². The first-order valence-corrected chi connectivity index (χ1v) is 4.60. The van der Waals surface area contributed by atoms with Crippen LogP contribution in [-0.4, -0.2) is 14.7 Å². The summed E-state index contributed by atoms with van der Waals surface area (Å²) >= 11 is 0. The monoisotopic (exact) mass is 206 g/mol. The lowest BCUT2D eigenvalue weighted by Crippen LogP contribution is -1.98. The molecule has 0 spiro atoms. The third kappa shape index (κ3) is 1.76. The Morgan fingerprint density at radius 3 is 2.53 bits per heavy atom. The van der Waals surface area contributed by atoms with Crippen molar-refractivity contribution in [3.8, 4) is 11.4 Å². The molecule has 1 heterocycles. The van der Waals surface area contributed by atoms with Crippen molar-refractivity contribution in [2.75, 3.05) is 0 Å². The number of hydrogen-bond acceptors (Lipinski definition) is 2. The molecule has 0 aliphatic rings. The van der Waals surface area contributed by atoms with Crippen molar-refractivity contribution >= 4 is 0 Å². The van der Waals surface area contributed by atoms with Gasteiger partial charge in [-0.2, -0.15) is 0 Å². The number of aliphatic hydroxyl groups excluding tert-OH is 1. The second-order valence-corrected chi connectivity index (χ2v) is 3.30. The second kappa shape index (κ2) is 3.82. The second-order valence-electron chi connectivity index (χ2n) is 3.30. The fraction of sp³-hybridized carbons (Fsp3) is 0.182. The molecule has 3 nitrogen and oxygen atoms in total. The maximum atomic E-state index is 12.7. The van der Waals surface area contributed by atoms with E-state index >= 15 is 0 Å². The van der Waals surface area contributed by atoms with Crippen molar-refractivity contribution in [2.24, 2.45) is 7.05 Å². The van der Waals surface area contributed by atoms with Gasteiger partial charge in [-0.25, -0.2) is 9.37 Å². The van der Waals surface area contributed by atoms with E-state index in [4.69, 9.17) is 5.11 Å². The highest BCUT2D eigenvalue weighted by molar-refractivity contribution is 5.55. The Hall–Kier alpha value is -1.68. The van der Waals surface area contributed by atoms with Gasteiger partial charge in [0.25, 0.3) is 0 Å². The highest BCUT2D eigenvalue weighted by Gasteiger charge is 2.07. The SMILES string of the molecule is Cn1c(CO)cnc1-c1ccc(F)cc1. The fourth-order valence-corrected chi connectivity index (χ4v) is 1.46. The maximum Gasteiger partial charge on any atom is 0.139 e. The van der Waals surface area contributed by atoms with Gasteiger partial charge in [0.05, 0.1) is 18.5 Å². The lowest BCUT2D eigenvalue weighted by Gasteiger charge is -2.03. The van der Waals surface area contributed by atoms with Gasteiger partial charge in [-0.05, 0) is 24.3 Å². The zero-order valence-corrected chi connectivity index (χ0v) is 8.31. The van der Waals surface area contributed by atoms with Crippen LogP contribution in [0.3, 0.4) is 0 Å². The Balaban J connectivity index is 2.45. The summed E-state index contributed by atoms with van der Waals surface area (Å²) in [6.07, 6.45) is 1.61. The van der Waals surface area contributed by atoms with Crippen LogP contribution in [0, 0.1) is 5.82 Å². The Kier molecular flexibility index (Phi) is 2.51. The molecule has 0 aliphatic heterocycles. The first-order chi connectivity index (χ1) is 7.22. The molecule has 0 unspecified atom stereocenters. The van der Waals surface area contributed by atoms with Crippen LogP contribution in [0.4, 0.5) is 4.39 Å². The van der Waals surface area contributed by atoms with E-state index < -0.39 is 0 Å². The van der Waals surface area contributed by atoms with Crippen LogP contribution in [0.2, 0.25) is 0 Å². The minimum atomic E-state index is -0.268. The van der Waals surface area contributed by atoms with Crippen molar-refractivity contribution in [1.29, 1.82) is 0 Å². The molecule has 78 valence electrons. The highest BCUT2D eigenvalue weighted by atomic mass is 19.1. The number of imidazole rings is 1. The molecule has 2 aromatic rings. The average Bonchev–Trinajstić information content (AvgIpc) is 2.61. The van der Waals surface area contributed by atoms with Gasteiger partial charge in [0.2, 0.25) is 0 Å². The van der Waals surface area contributed by atoms with Crippen LogP contribution in [0.5, 0.6) is 0 Å². The predicted octanol–water partition coefficient (Wildman–Crippen LogP) is 1.72. The van der Waals surface area contributed by atoms with Gasteiger partial charge in [0.1, 0.15) is 11.6 Å². The van der Waals surface area contributed by atoms with Crippen LogP contribution in [0.15, 0.2) is 30.5 Å². The van der Waals surface area contributed by atoms with E-state index in [9.17, 15) is 4.39 Å². The molecule has 0 atom stereocenters. The molecule has 0 aliphatic carbocycles. The number of nitrogens with zero attached hydrogens (tertiary/aromatic N) is 2. The third-order valence-electron chi connectivity index (χ3n) is 2.35. The summed E-state index contributed by atoms with van der Waals surface area (Å²) in [6, 6.07) is 6.11. The van der Waals surface area contributed by atoms with Crippen molar-refractivity contribution in [3.63, 3.8) is 0 Å². The van der Waals surface area contributed by atoms with E-state index in [0.717, 1.165) is 17.1 Å². The Bertz CT molecular complexity index is 462. The van der Waals surface area contributed by atoms with Crippen molar-refractivity contribution < 1.29 is 9.50 Å². The van der Waals surface area contributed by atoms with E-state index in [1.807, 2.05) is 7.05 Å². The molecule has 4 heteroatoms. The molecule has 0 radical (unpaired) electrons. The van der Waals surface area contributed by atoms with Gasteiger partial charge in [0, 0.05) is 12.6 Å². The van der Waals surface area contributed by atoms with Crippen LogP contribution in [-0.2, 0) is 13.7 Å². The summed E-state index contributed by atoms with van der Waals surface area (Å²) in [7, 11) is 1.82. The van der Waals surface area contributed by atoms with Crippen LogP contribution >= 0.6 is 0 Å². The first-order valence-electron chi connectivity index (χ1n) is 4.60. The Morgan fingerprint density at radius 2 is 2.00 bits per heavy atom. The van der Waals surface area contributed by atoms with Crippen molar-refractivity contribution in [2.45, 2.75) is 6.61 Å². The topological polar surface area (TPSA) is 38.0 Å². The maximum absolute atomic E-state index is 12.7. The molecule has 0 saturated carbocycles. The first kappa shape index (κ1) is 9.86. The highest BCUT2D eigenvalue weighted by Crippen LogP contribution is 2.18. The zero-order valence-electron chi connectivity index (χ0n) is 8.31. The fourth-order valence-electron chi connectivity index (χ4n) is 1.46. The standard InChI is InChI=1S/C11H11FN2O/c1-14-10(7-15)6-13-11(14)8-2-4-9(12)5-3-8/h2-6,15H,7H2,1H3. The summed E-state index contributed by atoms with van der Waals surface area (Å²) in [4.78, 5) is 4.17. The van der Waals surface area contributed by atoms with E-state index in [1.165, 1.54) is 12.1 Å². The molecule has 2 rings (SSSR count). The number of aromatic nitrogens is 2. The van der Waals surface area contributed by atoms with Gasteiger partial charge < -0.3 is 9.67 Å². The summed E-state index contributed by atoms with van der Waals surface area (Å²) in [5, 5.41) is 9.00. The number of aliphatic hydroxyl groups is 1. The molecular weight excluding hydrogens is 195 g/mol. The smallest absolute Gasteiger partial charge is 0.139 e. The number of halogens is 1. The predicted molar refractivity (Wildman–Crippen MR) is 54.5 cm³/mol. The number of hydrogen-bond donors (Lipinski definition) is 1. The van der Waals surface area contributed by atoms with E-state index in [2.05, 4.69) is 4.98 Å². The van der Waals surface area contributed by atoms with Crippen LogP contribution in [0.25, 0.3) is 11.4 Å². The van der Waals surface area contributed by atoms with Crippen molar-refractivity contribution in [1.82, 2.24) is 9.55 Å². The molecular formula is C11H11FN2O. The molecule has 0 saturated heterocycles. The molecule has 0 bridgehead atoms. The summed E-state index contributed by atoms with van der Waals surface area (Å²) in [5.41, 5.74) is 1.56. The Morgan fingerprint density at radius 1 is 1.33 bits per heavy atom. The number of benzene rings is 1. The van der Waals surface area contributed by atoms with E-state index in [-0.39, 0.29) is 12.4 Å². The minimum Gasteiger partial charge on any atom is -0.390 e. The van der Waals surface area contributed by atoms with Gasteiger partial charge >= 0.3 is 0 Å². The molecule has 1 aromatic heterocycles.